The van der Waals surface area contributed by atoms with Crippen molar-refractivity contribution >= 4 is 0 Å². The van der Waals surface area contributed by atoms with Gasteiger partial charge in [0.25, 0.3) is 0 Å². The van der Waals surface area contributed by atoms with E-state index in [1.165, 1.54) is 64.2 Å². The molecule has 2 rings (SSSR count). The van der Waals surface area contributed by atoms with Crippen molar-refractivity contribution in [1.82, 2.24) is 5.32 Å². The molecule has 0 amide bonds. The molecule has 0 bridgehead atoms. The van der Waals surface area contributed by atoms with E-state index in [1.807, 2.05) is 0 Å². The quantitative estimate of drug-likeness (QED) is 0.717. The molecule has 0 radical (unpaired) electrons. The Balaban J connectivity index is 1.80. The summed E-state index contributed by atoms with van der Waals surface area (Å²) in [6, 6.07) is 0.830. The first-order valence-electron chi connectivity index (χ1n) is 8.56. The monoisotopic (exact) mass is 251 g/mol. The molecule has 0 aromatic carbocycles. The molecule has 0 aliphatic heterocycles. The van der Waals surface area contributed by atoms with E-state index in [2.05, 4.69) is 19.2 Å². The van der Waals surface area contributed by atoms with Crippen LogP contribution in [-0.2, 0) is 0 Å². The zero-order chi connectivity index (χ0) is 12.8. The highest BCUT2D eigenvalue weighted by atomic mass is 14.9. The zero-order valence-corrected chi connectivity index (χ0v) is 12.6. The first-order valence-corrected chi connectivity index (χ1v) is 8.56. The lowest BCUT2D eigenvalue weighted by molar-refractivity contribution is 0.198. The van der Waals surface area contributed by atoms with Gasteiger partial charge in [-0.2, -0.15) is 0 Å². The molecule has 1 nitrogen and oxygen atoms in total. The molecular weight excluding hydrogens is 218 g/mol. The summed E-state index contributed by atoms with van der Waals surface area (Å²) in [4.78, 5) is 0. The largest absolute Gasteiger partial charge is 0.314 e. The van der Waals surface area contributed by atoms with Gasteiger partial charge in [0.2, 0.25) is 0 Å². The van der Waals surface area contributed by atoms with Gasteiger partial charge < -0.3 is 5.32 Å². The Morgan fingerprint density at radius 3 is 2.11 bits per heavy atom. The summed E-state index contributed by atoms with van der Waals surface area (Å²) < 4.78 is 0. The molecule has 2 aliphatic rings. The Bertz CT molecular complexity index is 212. The van der Waals surface area contributed by atoms with E-state index in [0.29, 0.717) is 0 Å². The first-order chi connectivity index (χ1) is 8.83. The highest BCUT2D eigenvalue weighted by Gasteiger charge is 2.29. The van der Waals surface area contributed by atoms with Crippen molar-refractivity contribution in [1.29, 1.82) is 0 Å². The highest BCUT2D eigenvalue weighted by molar-refractivity contribution is 4.84. The Kier molecular flexibility index (Phi) is 6.01. The molecule has 2 saturated carbocycles. The first kappa shape index (κ1) is 14.4. The summed E-state index contributed by atoms with van der Waals surface area (Å²) in [5.41, 5.74) is 0. The minimum Gasteiger partial charge on any atom is -0.314 e. The van der Waals surface area contributed by atoms with E-state index in [1.54, 1.807) is 0 Å². The molecule has 0 spiro atoms. The molecule has 1 unspecified atom stereocenters. The van der Waals surface area contributed by atoms with Gasteiger partial charge >= 0.3 is 0 Å². The van der Waals surface area contributed by atoms with Gasteiger partial charge in [0.15, 0.2) is 0 Å². The minimum absolute atomic E-state index is 0.830. The third kappa shape index (κ3) is 3.98. The maximum Gasteiger partial charge on any atom is 0.00978 e. The molecule has 0 aromatic rings. The van der Waals surface area contributed by atoms with Gasteiger partial charge in [-0.3, -0.25) is 0 Å². The fourth-order valence-electron chi connectivity index (χ4n) is 4.31. The van der Waals surface area contributed by atoms with Crippen LogP contribution in [0, 0.1) is 17.8 Å². The van der Waals surface area contributed by atoms with Crippen molar-refractivity contribution in [2.24, 2.45) is 17.8 Å². The fourth-order valence-corrected chi connectivity index (χ4v) is 4.31. The van der Waals surface area contributed by atoms with Crippen LogP contribution in [0.1, 0.15) is 78.1 Å². The number of hydrogen-bond donors (Lipinski definition) is 1. The average molecular weight is 251 g/mol. The van der Waals surface area contributed by atoms with Crippen LogP contribution in [0.3, 0.4) is 0 Å². The molecule has 0 heterocycles. The molecule has 106 valence electrons. The minimum atomic E-state index is 0.830. The molecule has 0 aromatic heterocycles. The van der Waals surface area contributed by atoms with Gasteiger partial charge in [0, 0.05) is 6.04 Å². The van der Waals surface area contributed by atoms with Crippen LogP contribution in [0.4, 0.5) is 0 Å². The second-order valence-corrected chi connectivity index (χ2v) is 6.74. The normalized spacial score (nSPS) is 31.7. The van der Waals surface area contributed by atoms with Crippen LogP contribution in [0.2, 0.25) is 0 Å². The number of rotatable bonds is 6. The van der Waals surface area contributed by atoms with Gasteiger partial charge in [-0.1, -0.05) is 58.8 Å². The number of hydrogen-bond acceptors (Lipinski definition) is 1. The van der Waals surface area contributed by atoms with Crippen LogP contribution < -0.4 is 5.32 Å². The van der Waals surface area contributed by atoms with Crippen molar-refractivity contribution in [3.63, 3.8) is 0 Å². The molecular formula is C17H33N. The average Bonchev–Trinajstić information content (AvgIpc) is 2.91. The molecule has 1 heteroatoms. The maximum absolute atomic E-state index is 3.81. The summed E-state index contributed by atoms with van der Waals surface area (Å²) in [5, 5.41) is 3.81. The van der Waals surface area contributed by atoms with Crippen molar-refractivity contribution in [2.75, 3.05) is 6.54 Å². The van der Waals surface area contributed by atoms with Crippen molar-refractivity contribution in [3.05, 3.63) is 0 Å². The van der Waals surface area contributed by atoms with E-state index in [9.17, 15) is 0 Å². The van der Waals surface area contributed by atoms with Crippen LogP contribution in [-0.4, -0.2) is 12.6 Å². The van der Waals surface area contributed by atoms with Crippen molar-refractivity contribution < 1.29 is 0 Å². The lowest BCUT2D eigenvalue weighted by Gasteiger charge is -2.35. The van der Waals surface area contributed by atoms with Gasteiger partial charge in [-0.25, -0.2) is 0 Å². The predicted molar refractivity (Wildman–Crippen MR) is 79.8 cm³/mol. The Morgan fingerprint density at radius 2 is 1.56 bits per heavy atom. The SMILES string of the molecule is CCNC(CC1CCCC1)C1CCC(CC)CC1. The molecule has 0 saturated heterocycles. The molecule has 2 fully saturated rings. The van der Waals surface area contributed by atoms with Crippen LogP contribution >= 0.6 is 0 Å². The van der Waals surface area contributed by atoms with Crippen LogP contribution in [0.15, 0.2) is 0 Å². The standard InChI is InChI=1S/C17H33N/c1-3-14-9-11-16(12-10-14)17(18-4-2)13-15-7-5-6-8-15/h14-18H,3-13H2,1-2H3. The second kappa shape index (κ2) is 7.53. The highest BCUT2D eigenvalue weighted by Crippen LogP contribution is 2.36. The number of nitrogens with one attached hydrogen (secondary N) is 1. The summed E-state index contributed by atoms with van der Waals surface area (Å²) >= 11 is 0. The molecule has 1 atom stereocenters. The van der Waals surface area contributed by atoms with Gasteiger partial charge in [-0.05, 0) is 43.6 Å². The predicted octanol–water partition coefficient (Wildman–Crippen LogP) is 4.76. The molecule has 1 N–H and O–H groups in total. The summed E-state index contributed by atoms with van der Waals surface area (Å²) in [6.45, 7) is 5.80. The Labute approximate surface area is 114 Å². The topological polar surface area (TPSA) is 12.0 Å². The van der Waals surface area contributed by atoms with Crippen molar-refractivity contribution in [2.45, 2.75) is 84.1 Å². The van der Waals surface area contributed by atoms with E-state index in [4.69, 9.17) is 0 Å². The Hall–Kier alpha value is -0.0400. The summed E-state index contributed by atoms with van der Waals surface area (Å²) in [6.07, 6.45) is 14.8. The van der Waals surface area contributed by atoms with E-state index < -0.39 is 0 Å². The second-order valence-electron chi connectivity index (χ2n) is 6.74. The van der Waals surface area contributed by atoms with Gasteiger partial charge in [0.05, 0.1) is 0 Å². The van der Waals surface area contributed by atoms with Gasteiger partial charge in [0.1, 0.15) is 0 Å². The Morgan fingerprint density at radius 1 is 0.889 bits per heavy atom. The van der Waals surface area contributed by atoms with Gasteiger partial charge in [-0.15, -0.1) is 0 Å². The lowest BCUT2D eigenvalue weighted by Crippen LogP contribution is -2.39. The fraction of sp³-hybridized carbons (Fsp3) is 1.00. The molecule has 2 aliphatic carbocycles. The third-order valence-corrected chi connectivity index (χ3v) is 5.57. The summed E-state index contributed by atoms with van der Waals surface area (Å²) in [7, 11) is 0. The van der Waals surface area contributed by atoms with Crippen LogP contribution in [0.25, 0.3) is 0 Å². The van der Waals surface area contributed by atoms with E-state index >= 15 is 0 Å². The third-order valence-electron chi connectivity index (χ3n) is 5.57. The van der Waals surface area contributed by atoms with E-state index in [-0.39, 0.29) is 0 Å². The smallest absolute Gasteiger partial charge is 0.00978 e. The van der Waals surface area contributed by atoms with Crippen molar-refractivity contribution in [3.8, 4) is 0 Å². The lowest BCUT2D eigenvalue weighted by atomic mass is 9.75. The molecule has 18 heavy (non-hydrogen) atoms. The maximum atomic E-state index is 3.81. The van der Waals surface area contributed by atoms with Crippen LogP contribution in [0.5, 0.6) is 0 Å². The zero-order valence-electron chi connectivity index (χ0n) is 12.6. The summed E-state index contributed by atoms with van der Waals surface area (Å²) in [5.74, 6) is 3.06. The van der Waals surface area contributed by atoms with E-state index in [0.717, 1.165) is 30.3 Å².